The Hall–Kier alpha value is -0.545. The molecule has 2 bridgehead atoms. The number of carbonyl (C=O) groups excluding carboxylic acids is 1. The molecule has 2 saturated heterocycles. The van der Waals surface area contributed by atoms with Crippen molar-refractivity contribution in [3.05, 3.63) is 0 Å². The van der Waals surface area contributed by atoms with Crippen LogP contribution in [0.3, 0.4) is 0 Å². The highest BCUT2D eigenvalue weighted by Crippen LogP contribution is 2.46. The number of rotatable bonds is 7. The predicted molar refractivity (Wildman–Crippen MR) is 82.8 cm³/mol. The summed E-state index contributed by atoms with van der Waals surface area (Å²) in [5.41, 5.74) is 5.51. The van der Waals surface area contributed by atoms with Crippen LogP contribution in [0.2, 0.25) is 11.6 Å². The predicted octanol–water partition coefficient (Wildman–Crippen LogP) is 2.35. The lowest BCUT2D eigenvalue weighted by atomic mass is 9.38. The van der Waals surface area contributed by atoms with Gasteiger partial charge in [-0.25, -0.2) is 0 Å². The molecule has 2 aliphatic heterocycles. The van der Waals surface area contributed by atoms with Crippen molar-refractivity contribution in [3.63, 3.8) is 0 Å². The number of likely N-dealkylation sites (N-methyl/N-ethyl adjacent to an activating group) is 1. The lowest BCUT2D eigenvalue weighted by Gasteiger charge is -2.39. The van der Waals surface area contributed by atoms with Crippen LogP contribution >= 0.6 is 0 Å². The van der Waals surface area contributed by atoms with Crippen LogP contribution in [0.25, 0.3) is 0 Å². The lowest BCUT2D eigenvalue weighted by Crippen LogP contribution is -2.44. The minimum absolute atomic E-state index is 0.0479. The molecule has 2 rings (SSSR count). The first-order chi connectivity index (χ1) is 9.76. The summed E-state index contributed by atoms with van der Waals surface area (Å²) in [5.74, 6) is 1.19. The molecule has 0 radical (unpaired) electrons. The van der Waals surface area contributed by atoms with Gasteiger partial charge in [0.1, 0.15) is 6.04 Å². The first-order valence-corrected chi connectivity index (χ1v) is 8.34. The van der Waals surface area contributed by atoms with Crippen molar-refractivity contribution >= 4 is 12.9 Å². The number of nitrogens with two attached hydrogens (primary N) is 1. The lowest BCUT2D eigenvalue weighted by molar-refractivity contribution is -0.137. The van der Waals surface area contributed by atoms with E-state index in [2.05, 4.69) is 5.32 Å². The molecular weight excluding hydrogens is 251 g/mol. The van der Waals surface area contributed by atoms with Gasteiger partial charge in [-0.05, 0) is 38.1 Å². The van der Waals surface area contributed by atoms with Gasteiger partial charge in [0.15, 0.2) is 0 Å². The van der Waals surface area contributed by atoms with Crippen LogP contribution < -0.4 is 11.1 Å². The van der Waals surface area contributed by atoms with Crippen LogP contribution in [-0.4, -0.2) is 32.5 Å². The van der Waals surface area contributed by atoms with Gasteiger partial charge in [0.2, 0.25) is 0 Å². The van der Waals surface area contributed by atoms with Crippen molar-refractivity contribution < 1.29 is 9.45 Å². The summed E-state index contributed by atoms with van der Waals surface area (Å²) in [6, 6.07) is -0.163. The molecule has 0 spiro atoms. The summed E-state index contributed by atoms with van der Waals surface area (Å²) in [6.07, 6.45) is 10.4. The highest BCUT2D eigenvalue weighted by Gasteiger charge is 2.44. The summed E-state index contributed by atoms with van der Waals surface area (Å²) in [6.45, 7) is 0.883. The van der Waals surface area contributed by atoms with E-state index in [4.69, 9.17) is 10.4 Å². The van der Waals surface area contributed by atoms with E-state index in [0.29, 0.717) is 18.2 Å². The third-order valence-corrected chi connectivity index (χ3v) is 5.06. The molecule has 0 amide bonds. The molecule has 0 saturated carbocycles. The van der Waals surface area contributed by atoms with Gasteiger partial charge in [-0.15, -0.1) is 0 Å². The normalized spacial score (nSPS) is 27.2. The van der Waals surface area contributed by atoms with Gasteiger partial charge in [-0.3, -0.25) is 4.79 Å². The summed E-state index contributed by atoms with van der Waals surface area (Å²) < 4.78 is 5.91. The maximum atomic E-state index is 12.4. The maximum absolute atomic E-state index is 12.4. The molecule has 114 valence electrons. The van der Waals surface area contributed by atoms with E-state index >= 15 is 0 Å². The smallest absolute Gasteiger partial charge is 0.367 e. The van der Waals surface area contributed by atoms with Gasteiger partial charge in [0.05, 0.1) is 0 Å². The topological polar surface area (TPSA) is 64.3 Å². The highest BCUT2D eigenvalue weighted by molar-refractivity contribution is 6.57. The second-order valence-corrected chi connectivity index (χ2v) is 6.41. The zero-order valence-corrected chi connectivity index (χ0v) is 12.8. The molecule has 2 fully saturated rings. The second-order valence-electron chi connectivity index (χ2n) is 6.41. The minimum atomic E-state index is -0.163. The molecule has 0 aromatic heterocycles. The average Bonchev–Trinajstić information content (AvgIpc) is 2.43. The molecule has 0 aliphatic carbocycles. The summed E-state index contributed by atoms with van der Waals surface area (Å²) in [7, 11) is 1.84. The fourth-order valence-electron chi connectivity index (χ4n) is 3.90. The number of fused-ring (bicyclic) bond motifs is 2. The molecular formula is C15H29BN2O2. The Balaban J connectivity index is 1.85. The van der Waals surface area contributed by atoms with Crippen molar-refractivity contribution in [1.29, 1.82) is 0 Å². The van der Waals surface area contributed by atoms with E-state index in [0.717, 1.165) is 19.3 Å². The zero-order chi connectivity index (χ0) is 14.4. The van der Waals surface area contributed by atoms with Crippen LogP contribution in [0.15, 0.2) is 0 Å². The summed E-state index contributed by atoms with van der Waals surface area (Å²) >= 11 is 0. The Morgan fingerprint density at radius 2 is 1.85 bits per heavy atom. The van der Waals surface area contributed by atoms with Gasteiger partial charge < -0.3 is 15.7 Å². The van der Waals surface area contributed by atoms with E-state index in [1.54, 1.807) is 0 Å². The van der Waals surface area contributed by atoms with Gasteiger partial charge in [-0.2, -0.15) is 0 Å². The van der Waals surface area contributed by atoms with Gasteiger partial charge in [0.25, 0.3) is 0 Å². The van der Waals surface area contributed by atoms with Crippen LogP contribution in [0.5, 0.6) is 0 Å². The van der Waals surface area contributed by atoms with Crippen molar-refractivity contribution in [2.45, 2.75) is 75.5 Å². The molecule has 5 heteroatoms. The van der Waals surface area contributed by atoms with Gasteiger partial charge in [-0.1, -0.05) is 44.9 Å². The number of carbonyl (C=O) groups is 1. The van der Waals surface area contributed by atoms with E-state index in [1.807, 2.05) is 7.05 Å². The standard InChI is InChI=1S/C15H29BN2O2/c1-18-14(10-2-3-11-17)15(19)20-16-12-6-4-7-13(16)9-5-8-12/h12-14,18H,2-11,17H2,1H3/t12?,13?,14-/m0/s1. The van der Waals surface area contributed by atoms with Crippen molar-refractivity contribution in [3.8, 4) is 0 Å². The summed E-state index contributed by atoms with van der Waals surface area (Å²) in [5, 5.41) is 3.10. The van der Waals surface area contributed by atoms with E-state index in [-0.39, 0.29) is 18.9 Å². The molecule has 2 aliphatic rings. The summed E-state index contributed by atoms with van der Waals surface area (Å²) in [4.78, 5) is 12.4. The molecule has 0 unspecified atom stereocenters. The minimum Gasteiger partial charge on any atom is -0.535 e. The number of hydrogen-bond donors (Lipinski definition) is 2. The monoisotopic (exact) mass is 280 g/mol. The molecule has 0 aromatic rings. The Labute approximate surface area is 123 Å². The first-order valence-electron chi connectivity index (χ1n) is 8.34. The number of unbranched alkanes of at least 4 members (excludes halogenated alkanes) is 1. The maximum Gasteiger partial charge on any atom is 0.367 e. The van der Waals surface area contributed by atoms with Gasteiger partial charge in [0, 0.05) is 0 Å². The molecule has 2 heterocycles. The van der Waals surface area contributed by atoms with Crippen molar-refractivity contribution in [1.82, 2.24) is 5.32 Å². The van der Waals surface area contributed by atoms with Crippen molar-refractivity contribution in [2.75, 3.05) is 13.6 Å². The fourth-order valence-corrected chi connectivity index (χ4v) is 3.90. The van der Waals surface area contributed by atoms with Crippen LogP contribution in [-0.2, 0) is 9.45 Å². The number of nitrogens with one attached hydrogen (secondary N) is 1. The third-order valence-electron chi connectivity index (χ3n) is 5.06. The van der Waals surface area contributed by atoms with E-state index in [1.165, 1.54) is 38.5 Å². The quantitative estimate of drug-likeness (QED) is 0.555. The number of hydrogen-bond acceptors (Lipinski definition) is 4. The van der Waals surface area contributed by atoms with Crippen LogP contribution in [0, 0.1) is 0 Å². The van der Waals surface area contributed by atoms with E-state index in [9.17, 15) is 4.79 Å². The molecule has 0 aromatic carbocycles. The Bertz CT molecular complexity index is 292. The first kappa shape index (κ1) is 15.8. The SMILES string of the molecule is CN[C@@H](CCCCN)C(=O)OB1C2CCCC1CCC2. The largest absolute Gasteiger partial charge is 0.535 e. The molecule has 3 N–H and O–H groups in total. The zero-order valence-electron chi connectivity index (χ0n) is 12.8. The van der Waals surface area contributed by atoms with Crippen LogP contribution in [0.4, 0.5) is 0 Å². The van der Waals surface area contributed by atoms with Gasteiger partial charge >= 0.3 is 12.9 Å². The second kappa shape index (κ2) is 8.03. The Morgan fingerprint density at radius 3 is 2.35 bits per heavy atom. The molecule has 20 heavy (non-hydrogen) atoms. The fraction of sp³-hybridized carbons (Fsp3) is 0.933. The average molecular weight is 280 g/mol. The third kappa shape index (κ3) is 3.98. The Morgan fingerprint density at radius 1 is 1.25 bits per heavy atom. The van der Waals surface area contributed by atoms with Crippen LogP contribution in [0.1, 0.15) is 57.8 Å². The Kier molecular flexibility index (Phi) is 6.36. The van der Waals surface area contributed by atoms with E-state index < -0.39 is 0 Å². The van der Waals surface area contributed by atoms with Crippen molar-refractivity contribution in [2.24, 2.45) is 5.73 Å². The highest BCUT2D eigenvalue weighted by atomic mass is 16.5. The molecule has 1 atom stereocenters. The molecule has 4 nitrogen and oxygen atoms in total.